The molecule has 0 spiro atoms. The lowest BCUT2D eigenvalue weighted by Crippen LogP contribution is -2.12. The molecule has 2 N–H and O–H groups in total. The summed E-state index contributed by atoms with van der Waals surface area (Å²) in [4.78, 5) is 16.3. The molecule has 0 aliphatic heterocycles. The van der Waals surface area contributed by atoms with Gasteiger partial charge in [-0.1, -0.05) is 68.3 Å². The summed E-state index contributed by atoms with van der Waals surface area (Å²) in [5.41, 5.74) is 4.97. The lowest BCUT2D eigenvalue weighted by molar-refractivity contribution is -0.143. The summed E-state index contributed by atoms with van der Waals surface area (Å²) in [6.07, 6.45) is -10.1. The molecule has 1 amide bonds. The highest BCUT2D eigenvalue weighted by molar-refractivity contribution is 9.10. The third kappa shape index (κ3) is 6.70. The first kappa shape index (κ1) is 30.6. The van der Waals surface area contributed by atoms with E-state index in [9.17, 15) is 31.1 Å². The molecule has 4 aromatic carbocycles. The maximum atomic E-state index is 13.9. The molecule has 0 radical (unpaired) electrons. The molecule has 5 aromatic rings. The van der Waals surface area contributed by atoms with Crippen molar-refractivity contribution in [2.24, 2.45) is 5.73 Å². The Hall–Kier alpha value is -3.90. The highest BCUT2D eigenvalue weighted by atomic mass is 79.9. The summed E-state index contributed by atoms with van der Waals surface area (Å²) in [7, 11) is 0. The molecule has 4 nitrogen and oxygen atoms in total. The average molecular weight is 723 g/mol. The maximum Gasteiger partial charge on any atom is 0.416 e. The Labute approximate surface area is 258 Å². The van der Waals surface area contributed by atoms with Crippen LogP contribution in [0.4, 0.5) is 26.3 Å². The van der Waals surface area contributed by atoms with Crippen LogP contribution in [0.5, 0.6) is 0 Å². The lowest BCUT2D eigenvalue weighted by atomic mass is 10.0. The number of hydrogen-bond acceptors (Lipinski definition) is 2. The average Bonchev–Trinajstić information content (AvgIpc) is 3.32. The Morgan fingerprint density at radius 2 is 1.19 bits per heavy atom. The van der Waals surface area contributed by atoms with E-state index in [0.717, 1.165) is 8.95 Å². The molecular weight excluding hydrogens is 704 g/mol. The Bertz CT molecular complexity index is 1760. The number of amides is 1. The zero-order valence-corrected chi connectivity index (χ0v) is 24.9. The first-order valence-electron chi connectivity index (χ1n) is 12.5. The molecule has 0 aliphatic carbocycles. The number of benzene rings is 4. The topological polar surface area (TPSA) is 60.9 Å². The number of nitrogens with two attached hydrogens (primary N) is 1. The molecule has 1 heterocycles. The summed E-state index contributed by atoms with van der Waals surface area (Å²) in [6.45, 7) is 0.000890. The molecule has 0 aliphatic rings. The summed E-state index contributed by atoms with van der Waals surface area (Å²) >= 11 is 6.78. The predicted molar refractivity (Wildman–Crippen MR) is 158 cm³/mol. The van der Waals surface area contributed by atoms with Crippen LogP contribution in [0.1, 0.15) is 27.0 Å². The zero-order valence-electron chi connectivity index (χ0n) is 21.8. The highest BCUT2D eigenvalue weighted by Crippen LogP contribution is 2.42. The van der Waals surface area contributed by atoms with E-state index in [4.69, 9.17) is 10.7 Å². The van der Waals surface area contributed by atoms with Crippen LogP contribution in [0.25, 0.3) is 33.9 Å². The minimum Gasteiger partial charge on any atom is -0.366 e. The number of nitrogens with zero attached hydrogens (tertiary/aromatic N) is 2. The summed E-state index contributed by atoms with van der Waals surface area (Å²) < 4.78 is 86.2. The van der Waals surface area contributed by atoms with Gasteiger partial charge in [0.2, 0.25) is 5.91 Å². The van der Waals surface area contributed by atoms with Crippen LogP contribution in [0.15, 0.2) is 99.9 Å². The Morgan fingerprint density at radius 1 is 0.698 bits per heavy atom. The van der Waals surface area contributed by atoms with Gasteiger partial charge in [-0.05, 0) is 60.2 Å². The maximum absolute atomic E-state index is 13.9. The van der Waals surface area contributed by atoms with Crippen molar-refractivity contribution in [1.29, 1.82) is 0 Å². The fraction of sp³-hybridized carbons (Fsp3) is 0.0968. The highest BCUT2D eigenvalue weighted by Gasteiger charge is 2.37. The number of alkyl halides is 6. The van der Waals surface area contributed by atoms with Crippen LogP contribution in [0, 0.1) is 0 Å². The number of hydrogen-bond donors (Lipinski definition) is 1. The second-order valence-electron chi connectivity index (χ2n) is 9.59. The molecule has 12 heteroatoms. The smallest absolute Gasteiger partial charge is 0.366 e. The van der Waals surface area contributed by atoms with Gasteiger partial charge in [0.05, 0.1) is 22.5 Å². The molecule has 0 bridgehead atoms. The predicted octanol–water partition coefficient (Wildman–Crippen LogP) is 9.59. The van der Waals surface area contributed by atoms with Crippen LogP contribution in [-0.2, 0) is 18.9 Å². The monoisotopic (exact) mass is 721 g/mol. The van der Waals surface area contributed by atoms with Crippen molar-refractivity contribution in [1.82, 2.24) is 9.55 Å². The second-order valence-corrected chi connectivity index (χ2v) is 11.4. The Balaban J connectivity index is 1.84. The third-order valence-electron chi connectivity index (χ3n) is 6.63. The summed E-state index contributed by atoms with van der Waals surface area (Å²) in [6, 6.07) is 21.7. The van der Waals surface area contributed by atoms with E-state index >= 15 is 0 Å². The van der Waals surface area contributed by atoms with Crippen molar-refractivity contribution in [3.63, 3.8) is 0 Å². The number of aromatic nitrogens is 2. The number of imidazole rings is 1. The van der Waals surface area contributed by atoms with Gasteiger partial charge in [-0.2, -0.15) is 26.3 Å². The normalized spacial score (nSPS) is 12.0. The molecule has 220 valence electrons. The molecule has 0 unspecified atom stereocenters. The van der Waals surface area contributed by atoms with Crippen LogP contribution in [0.2, 0.25) is 0 Å². The van der Waals surface area contributed by atoms with Crippen LogP contribution in [0.3, 0.4) is 0 Å². The molecule has 0 saturated carbocycles. The molecular formula is C31H19Br2F6N3O. The van der Waals surface area contributed by atoms with E-state index in [1.807, 2.05) is 0 Å². The Kier molecular flexibility index (Phi) is 8.28. The van der Waals surface area contributed by atoms with E-state index in [1.165, 1.54) is 12.1 Å². The van der Waals surface area contributed by atoms with Gasteiger partial charge in [0.15, 0.2) is 0 Å². The van der Waals surface area contributed by atoms with Gasteiger partial charge in [0.1, 0.15) is 5.82 Å². The second kappa shape index (κ2) is 11.6. The van der Waals surface area contributed by atoms with Crippen LogP contribution in [-0.4, -0.2) is 15.5 Å². The van der Waals surface area contributed by atoms with Gasteiger partial charge >= 0.3 is 12.4 Å². The number of carbonyl (C=O) groups excluding carboxylic acids is 1. The van der Waals surface area contributed by atoms with Crippen LogP contribution >= 0.6 is 31.9 Å². The van der Waals surface area contributed by atoms with Crippen molar-refractivity contribution >= 4 is 37.8 Å². The minimum atomic E-state index is -5.04. The zero-order chi connectivity index (χ0) is 31.1. The van der Waals surface area contributed by atoms with Gasteiger partial charge < -0.3 is 10.3 Å². The van der Waals surface area contributed by atoms with Gasteiger partial charge in [0.25, 0.3) is 0 Å². The molecule has 0 fully saturated rings. The first-order valence-corrected chi connectivity index (χ1v) is 14.1. The number of primary amides is 1. The molecule has 5 rings (SSSR count). The van der Waals surface area contributed by atoms with Gasteiger partial charge in [0, 0.05) is 37.7 Å². The molecule has 43 heavy (non-hydrogen) atoms. The fourth-order valence-corrected chi connectivity index (χ4v) is 5.11. The minimum absolute atomic E-state index is 0.000890. The van der Waals surface area contributed by atoms with Crippen LogP contribution < -0.4 is 5.73 Å². The van der Waals surface area contributed by atoms with E-state index in [0.29, 0.717) is 40.2 Å². The number of rotatable bonds is 6. The molecule has 1 aromatic heterocycles. The molecule has 0 saturated heterocycles. The SMILES string of the molecule is NC(=O)c1ccc(Cn2c(-c3cc(C(F)(F)F)cc(C(F)(F)F)c3)nc(-c3ccc(Br)cc3)c2-c2ccc(Br)cc2)cc1. The van der Waals surface area contributed by atoms with Crippen molar-refractivity contribution in [3.8, 4) is 33.9 Å². The van der Waals surface area contributed by atoms with Crippen molar-refractivity contribution in [2.75, 3.05) is 0 Å². The summed E-state index contributed by atoms with van der Waals surface area (Å²) in [5, 5.41) is 0. The van der Waals surface area contributed by atoms with Crippen molar-refractivity contribution < 1.29 is 31.1 Å². The van der Waals surface area contributed by atoms with E-state index in [1.54, 1.807) is 65.2 Å². The summed E-state index contributed by atoms with van der Waals surface area (Å²) in [5.74, 6) is -0.752. The fourth-order valence-electron chi connectivity index (χ4n) is 4.58. The van der Waals surface area contributed by atoms with Gasteiger partial charge in [-0.15, -0.1) is 0 Å². The molecule has 0 atom stereocenters. The van der Waals surface area contributed by atoms with E-state index in [2.05, 4.69) is 31.9 Å². The van der Waals surface area contributed by atoms with Crippen molar-refractivity contribution in [3.05, 3.63) is 122 Å². The van der Waals surface area contributed by atoms with Crippen molar-refractivity contribution in [2.45, 2.75) is 18.9 Å². The number of carbonyl (C=O) groups is 1. The standard InChI is InChI=1S/C31H19Br2F6N3O/c32-24-9-5-18(6-10-24)26-27(19-7-11-25(33)12-8-19)42(16-17-1-3-20(4-2-17)28(40)43)29(41-26)21-13-22(30(34,35)36)15-23(14-21)31(37,38)39/h1-15H,16H2,(H2,40,43). The lowest BCUT2D eigenvalue weighted by Gasteiger charge is -2.17. The Morgan fingerprint density at radius 3 is 1.65 bits per heavy atom. The third-order valence-corrected chi connectivity index (χ3v) is 7.69. The first-order chi connectivity index (χ1) is 20.2. The van der Waals surface area contributed by atoms with E-state index in [-0.39, 0.29) is 29.6 Å². The van der Waals surface area contributed by atoms with Gasteiger partial charge in [-0.3, -0.25) is 4.79 Å². The number of halogens is 8. The largest absolute Gasteiger partial charge is 0.416 e. The van der Waals surface area contributed by atoms with Gasteiger partial charge in [-0.25, -0.2) is 4.98 Å². The van der Waals surface area contributed by atoms with E-state index < -0.39 is 29.4 Å². The quantitative estimate of drug-likeness (QED) is 0.178.